The molecule has 3 aromatic rings. The van der Waals surface area contributed by atoms with Gasteiger partial charge in [-0.15, -0.1) is 0 Å². The lowest BCUT2D eigenvalue weighted by Gasteiger charge is -2.12. The van der Waals surface area contributed by atoms with Gasteiger partial charge in [-0.05, 0) is 51.8 Å². The number of nitrogens with one attached hydrogen (secondary N) is 2. The molecule has 0 bridgehead atoms. The van der Waals surface area contributed by atoms with Crippen molar-refractivity contribution in [2.24, 2.45) is 0 Å². The molecular formula is C22H17BrN2O2. The van der Waals surface area contributed by atoms with E-state index in [0.29, 0.717) is 15.7 Å². The van der Waals surface area contributed by atoms with Gasteiger partial charge in [0.2, 0.25) is 0 Å². The summed E-state index contributed by atoms with van der Waals surface area (Å²) in [6.45, 7) is 0. The van der Waals surface area contributed by atoms with E-state index in [4.69, 9.17) is 0 Å². The zero-order chi connectivity index (χ0) is 19.1. The topological polar surface area (TPSA) is 58.2 Å². The maximum absolute atomic E-state index is 12.8. The third-order valence-electron chi connectivity index (χ3n) is 3.75. The van der Waals surface area contributed by atoms with Gasteiger partial charge in [-0.1, -0.05) is 60.7 Å². The molecule has 0 aliphatic rings. The maximum atomic E-state index is 12.8. The van der Waals surface area contributed by atoms with Gasteiger partial charge in [0, 0.05) is 10.2 Å². The van der Waals surface area contributed by atoms with E-state index in [-0.39, 0.29) is 11.6 Å². The Kier molecular flexibility index (Phi) is 6.18. The SMILES string of the molecule is O=C(Nc1ccccc1)/C(=C\c1ccccc1)NC(=O)c1ccccc1Br. The normalized spacial score (nSPS) is 10.9. The molecule has 0 aliphatic heterocycles. The first-order valence-electron chi connectivity index (χ1n) is 8.32. The van der Waals surface area contributed by atoms with Crippen LogP contribution in [-0.4, -0.2) is 11.8 Å². The van der Waals surface area contributed by atoms with Crippen LogP contribution in [0.2, 0.25) is 0 Å². The van der Waals surface area contributed by atoms with Crippen molar-refractivity contribution in [3.8, 4) is 0 Å². The van der Waals surface area contributed by atoms with Gasteiger partial charge in [0.25, 0.3) is 11.8 Å². The number of hydrogen-bond acceptors (Lipinski definition) is 2. The van der Waals surface area contributed by atoms with Crippen LogP contribution in [0.4, 0.5) is 5.69 Å². The molecule has 0 unspecified atom stereocenters. The number of hydrogen-bond donors (Lipinski definition) is 2. The Morgan fingerprint density at radius 2 is 1.37 bits per heavy atom. The molecule has 2 N–H and O–H groups in total. The van der Waals surface area contributed by atoms with Crippen LogP contribution in [0, 0.1) is 0 Å². The average Bonchev–Trinajstić information content (AvgIpc) is 2.69. The summed E-state index contributed by atoms with van der Waals surface area (Å²) in [4.78, 5) is 25.4. The second-order valence-corrected chi connectivity index (χ2v) is 6.58. The third kappa shape index (κ3) is 5.15. The van der Waals surface area contributed by atoms with E-state index in [1.54, 1.807) is 36.4 Å². The molecule has 3 rings (SSSR count). The quantitative estimate of drug-likeness (QED) is 0.579. The number of para-hydroxylation sites is 1. The largest absolute Gasteiger partial charge is 0.321 e. The number of halogens is 1. The maximum Gasteiger partial charge on any atom is 0.272 e. The molecule has 134 valence electrons. The summed E-state index contributed by atoms with van der Waals surface area (Å²) in [5.74, 6) is -0.765. The first-order valence-corrected chi connectivity index (χ1v) is 9.12. The molecule has 27 heavy (non-hydrogen) atoms. The van der Waals surface area contributed by atoms with Gasteiger partial charge in [-0.3, -0.25) is 9.59 Å². The predicted octanol–water partition coefficient (Wildman–Crippen LogP) is 4.86. The van der Waals surface area contributed by atoms with Gasteiger partial charge >= 0.3 is 0 Å². The highest BCUT2D eigenvalue weighted by molar-refractivity contribution is 9.10. The summed E-state index contributed by atoms with van der Waals surface area (Å²) in [5.41, 5.74) is 2.06. The van der Waals surface area contributed by atoms with Crippen LogP contribution in [0.25, 0.3) is 6.08 Å². The molecule has 0 saturated heterocycles. The summed E-state index contributed by atoms with van der Waals surface area (Å²) in [6, 6.07) is 25.5. The summed E-state index contributed by atoms with van der Waals surface area (Å²) in [5, 5.41) is 5.52. The number of benzene rings is 3. The van der Waals surface area contributed by atoms with Gasteiger partial charge < -0.3 is 10.6 Å². The number of carbonyl (C=O) groups is 2. The molecule has 5 heteroatoms. The molecule has 0 saturated carbocycles. The van der Waals surface area contributed by atoms with Crippen molar-refractivity contribution in [2.45, 2.75) is 0 Å². The molecule has 0 aromatic heterocycles. The molecular weight excluding hydrogens is 404 g/mol. The highest BCUT2D eigenvalue weighted by atomic mass is 79.9. The Balaban J connectivity index is 1.88. The Morgan fingerprint density at radius 3 is 2.04 bits per heavy atom. The van der Waals surface area contributed by atoms with Crippen molar-refractivity contribution in [3.63, 3.8) is 0 Å². The lowest BCUT2D eigenvalue weighted by atomic mass is 10.1. The van der Waals surface area contributed by atoms with Crippen molar-refractivity contribution in [1.82, 2.24) is 5.32 Å². The molecule has 0 aliphatic carbocycles. The van der Waals surface area contributed by atoms with E-state index in [1.807, 2.05) is 54.6 Å². The molecule has 4 nitrogen and oxygen atoms in total. The van der Waals surface area contributed by atoms with Crippen LogP contribution in [0.5, 0.6) is 0 Å². The Labute approximate surface area is 166 Å². The van der Waals surface area contributed by atoms with Crippen molar-refractivity contribution < 1.29 is 9.59 Å². The highest BCUT2D eigenvalue weighted by Crippen LogP contribution is 2.17. The molecule has 0 radical (unpaired) electrons. The minimum atomic E-state index is -0.398. The van der Waals surface area contributed by atoms with Gasteiger partial charge in [0.1, 0.15) is 5.70 Å². The van der Waals surface area contributed by atoms with Crippen LogP contribution in [0.15, 0.2) is 95.1 Å². The number of carbonyl (C=O) groups excluding carboxylic acids is 2. The minimum absolute atomic E-state index is 0.158. The minimum Gasteiger partial charge on any atom is -0.321 e. The summed E-state index contributed by atoms with van der Waals surface area (Å²) < 4.78 is 0.657. The van der Waals surface area contributed by atoms with E-state index in [9.17, 15) is 9.59 Å². The smallest absolute Gasteiger partial charge is 0.272 e. The third-order valence-corrected chi connectivity index (χ3v) is 4.45. The van der Waals surface area contributed by atoms with Crippen LogP contribution < -0.4 is 10.6 Å². The first-order chi connectivity index (χ1) is 13.1. The van der Waals surface area contributed by atoms with Gasteiger partial charge in [-0.25, -0.2) is 0 Å². The van der Waals surface area contributed by atoms with Crippen LogP contribution in [0.3, 0.4) is 0 Å². The fourth-order valence-corrected chi connectivity index (χ4v) is 2.89. The van der Waals surface area contributed by atoms with Gasteiger partial charge in [0.05, 0.1) is 5.56 Å². The second-order valence-electron chi connectivity index (χ2n) is 5.72. The zero-order valence-electron chi connectivity index (χ0n) is 14.4. The lowest BCUT2D eigenvalue weighted by molar-refractivity contribution is -0.113. The zero-order valence-corrected chi connectivity index (χ0v) is 15.9. The van der Waals surface area contributed by atoms with E-state index in [1.165, 1.54) is 0 Å². The summed E-state index contributed by atoms with van der Waals surface area (Å²) >= 11 is 3.36. The predicted molar refractivity (Wildman–Crippen MR) is 111 cm³/mol. The molecule has 0 heterocycles. The fourth-order valence-electron chi connectivity index (χ4n) is 2.43. The lowest BCUT2D eigenvalue weighted by Crippen LogP contribution is -2.31. The molecule has 0 atom stereocenters. The van der Waals surface area contributed by atoms with Crippen molar-refractivity contribution in [2.75, 3.05) is 5.32 Å². The highest BCUT2D eigenvalue weighted by Gasteiger charge is 2.16. The molecule has 3 aromatic carbocycles. The van der Waals surface area contributed by atoms with E-state index < -0.39 is 5.91 Å². The van der Waals surface area contributed by atoms with Crippen LogP contribution in [-0.2, 0) is 4.79 Å². The molecule has 2 amide bonds. The fraction of sp³-hybridized carbons (Fsp3) is 0. The van der Waals surface area contributed by atoms with E-state index >= 15 is 0 Å². The number of anilines is 1. The Morgan fingerprint density at radius 1 is 0.778 bits per heavy atom. The van der Waals surface area contributed by atoms with E-state index in [2.05, 4.69) is 26.6 Å². The molecule has 0 fully saturated rings. The standard InChI is InChI=1S/C22H17BrN2O2/c23-19-14-8-7-13-18(19)21(26)25-20(15-16-9-3-1-4-10-16)22(27)24-17-11-5-2-6-12-17/h1-15H,(H,24,27)(H,25,26)/b20-15+. The van der Waals surface area contributed by atoms with Crippen molar-refractivity contribution >= 4 is 39.5 Å². The van der Waals surface area contributed by atoms with E-state index in [0.717, 1.165) is 5.56 Å². The van der Waals surface area contributed by atoms with Gasteiger partial charge in [0.15, 0.2) is 0 Å². The number of amides is 2. The molecule has 0 spiro atoms. The average molecular weight is 421 g/mol. The van der Waals surface area contributed by atoms with Crippen molar-refractivity contribution in [1.29, 1.82) is 0 Å². The number of rotatable bonds is 5. The first kappa shape index (κ1) is 18.6. The Hall–Kier alpha value is -3.18. The summed E-state index contributed by atoms with van der Waals surface area (Å²) in [6.07, 6.45) is 1.65. The monoisotopic (exact) mass is 420 g/mol. The second kappa shape index (κ2) is 8.96. The van der Waals surface area contributed by atoms with Crippen LogP contribution >= 0.6 is 15.9 Å². The van der Waals surface area contributed by atoms with Crippen LogP contribution in [0.1, 0.15) is 15.9 Å². The van der Waals surface area contributed by atoms with Crippen molar-refractivity contribution in [3.05, 3.63) is 106 Å². The summed E-state index contributed by atoms with van der Waals surface area (Å²) in [7, 11) is 0. The Bertz CT molecular complexity index is 970. The van der Waals surface area contributed by atoms with Gasteiger partial charge in [-0.2, -0.15) is 0 Å².